The van der Waals surface area contributed by atoms with E-state index in [0.29, 0.717) is 5.69 Å². The summed E-state index contributed by atoms with van der Waals surface area (Å²) < 4.78 is 29.9. The van der Waals surface area contributed by atoms with E-state index in [4.69, 9.17) is 4.55 Å². The molecule has 15 heavy (non-hydrogen) atoms. The van der Waals surface area contributed by atoms with Gasteiger partial charge in [-0.25, -0.2) is 0 Å². The predicted molar refractivity (Wildman–Crippen MR) is 57.7 cm³/mol. The monoisotopic (exact) mass is 255 g/mol. The number of anilines is 1. The molecule has 1 rings (SSSR count). The average molecular weight is 255 g/mol. The summed E-state index contributed by atoms with van der Waals surface area (Å²) in [6.07, 6.45) is 0. The Kier molecular flexibility index (Phi) is 6.19. The van der Waals surface area contributed by atoms with Crippen LogP contribution in [0.4, 0.5) is 5.69 Å². The van der Waals surface area contributed by atoms with Crippen molar-refractivity contribution in [2.75, 3.05) is 5.32 Å². The number of amides is 1. The third kappa shape index (κ3) is 5.21. The normalized spacial score (nSPS) is 10.3. The Balaban J connectivity index is 0.00000196. The first-order valence-electron chi connectivity index (χ1n) is 3.75. The summed E-state index contributed by atoms with van der Waals surface area (Å²) >= 11 is 0. The number of rotatable bonds is 2. The van der Waals surface area contributed by atoms with Crippen molar-refractivity contribution in [1.29, 1.82) is 0 Å². The van der Waals surface area contributed by atoms with Crippen LogP contribution in [-0.4, -0.2) is 70.3 Å². The van der Waals surface area contributed by atoms with Crippen LogP contribution in [0.25, 0.3) is 0 Å². The molecule has 0 heterocycles. The molecule has 0 atom stereocenters. The zero-order chi connectivity index (χ0) is 10.8. The van der Waals surface area contributed by atoms with Crippen molar-refractivity contribution in [2.45, 2.75) is 11.8 Å². The standard InChI is InChI=1S/C8H9NO4S.K.H/c1-6(10)9-7-2-4-8(5-3-7)14(11,12)13;;/h2-5H,1H3,(H,9,10)(H,11,12,13);;. The molecule has 0 aliphatic heterocycles. The summed E-state index contributed by atoms with van der Waals surface area (Å²) in [5, 5.41) is 2.47. The molecule has 0 aliphatic carbocycles. The SMILES string of the molecule is CC(=O)Nc1ccc(S(=O)(=O)O)cc1.[KH]. The fraction of sp³-hybridized carbons (Fsp3) is 0.125. The number of hydrogen-bond acceptors (Lipinski definition) is 3. The Bertz CT molecular complexity index is 440. The molecular weight excluding hydrogens is 245 g/mol. The minimum absolute atomic E-state index is 0. The summed E-state index contributed by atoms with van der Waals surface area (Å²) in [6, 6.07) is 5.20. The van der Waals surface area contributed by atoms with E-state index in [9.17, 15) is 13.2 Å². The predicted octanol–water partition coefficient (Wildman–Crippen LogP) is 0.243. The second-order valence-corrected chi connectivity index (χ2v) is 4.10. The van der Waals surface area contributed by atoms with Gasteiger partial charge >= 0.3 is 51.4 Å². The van der Waals surface area contributed by atoms with Gasteiger partial charge in [-0.3, -0.25) is 9.35 Å². The van der Waals surface area contributed by atoms with Crippen molar-refractivity contribution in [3.05, 3.63) is 24.3 Å². The van der Waals surface area contributed by atoms with Gasteiger partial charge in [0.15, 0.2) is 0 Å². The molecule has 7 heteroatoms. The van der Waals surface area contributed by atoms with E-state index < -0.39 is 10.1 Å². The van der Waals surface area contributed by atoms with Crippen LogP contribution in [0.3, 0.4) is 0 Å². The van der Waals surface area contributed by atoms with Crippen LogP contribution in [0.15, 0.2) is 29.2 Å². The minimum atomic E-state index is -4.16. The molecule has 1 aromatic carbocycles. The van der Waals surface area contributed by atoms with Crippen LogP contribution in [0, 0.1) is 0 Å². The Labute approximate surface area is 130 Å². The van der Waals surface area contributed by atoms with Crippen LogP contribution < -0.4 is 5.32 Å². The molecule has 0 spiro atoms. The van der Waals surface area contributed by atoms with Crippen molar-refractivity contribution < 1.29 is 17.8 Å². The van der Waals surface area contributed by atoms with E-state index in [0.717, 1.165) is 0 Å². The van der Waals surface area contributed by atoms with Crippen molar-refractivity contribution in [1.82, 2.24) is 0 Å². The second kappa shape index (κ2) is 6.09. The van der Waals surface area contributed by atoms with E-state index >= 15 is 0 Å². The molecular formula is C8H10KNO4S. The Morgan fingerprint density at radius 3 is 2.07 bits per heavy atom. The zero-order valence-electron chi connectivity index (χ0n) is 7.39. The second-order valence-electron chi connectivity index (χ2n) is 2.68. The van der Waals surface area contributed by atoms with E-state index in [1.54, 1.807) is 0 Å². The molecule has 0 saturated heterocycles. The van der Waals surface area contributed by atoms with Gasteiger partial charge in [0.05, 0.1) is 4.90 Å². The van der Waals surface area contributed by atoms with Gasteiger partial charge in [-0.2, -0.15) is 8.42 Å². The van der Waals surface area contributed by atoms with Crippen molar-refractivity contribution >= 4 is 73.1 Å². The molecule has 0 fully saturated rings. The first-order valence-corrected chi connectivity index (χ1v) is 5.19. The summed E-state index contributed by atoms with van der Waals surface area (Å²) in [6.45, 7) is 1.34. The van der Waals surface area contributed by atoms with Crippen molar-refractivity contribution in [2.24, 2.45) is 0 Å². The van der Waals surface area contributed by atoms with Crippen LogP contribution in [-0.2, 0) is 14.9 Å². The molecule has 0 saturated carbocycles. The van der Waals surface area contributed by atoms with Crippen LogP contribution in [0.1, 0.15) is 6.92 Å². The average Bonchev–Trinajstić information content (AvgIpc) is 2.02. The molecule has 0 aliphatic rings. The zero-order valence-corrected chi connectivity index (χ0v) is 8.21. The molecule has 5 nitrogen and oxygen atoms in total. The quantitative estimate of drug-likeness (QED) is 0.586. The van der Waals surface area contributed by atoms with Gasteiger partial charge in [0.1, 0.15) is 0 Å². The van der Waals surface area contributed by atoms with Gasteiger partial charge in [-0.05, 0) is 24.3 Å². The van der Waals surface area contributed by atoms with Gasteiger partial charge in [0.25, 0.3) is 10.1 Å². The Morgan fingerprint density at radius 2 is 1.73 bits per heavy atom. The molecule has 1 aromatic rings. The first-order chi connectivity index (χ1) is 6.39. The number of nitrogens with one attached hydrogen (secondary N) is 1. The van der Waals surface area contributed by atoms with E-state index in [-0.39, 0.29) is 62.2 Å². The summed E-state index contributed by atoms with van der Waals surface area (Å²) in [5.41, 5.74) is 0.477. The first kappa shape index (κ1) is 15.2. The summed E-state index contributed by atoms with van der Waals surface area (Å²) in [4.78, 5) is 10.4. The van der Waals surface area contributed by atoms with Gasteiger partial charge in [0, 0.05) is 12.6 Å². The molecule has 78 valence electrons. The maximum atomic E-state index is 10.6. The third-order valence-electron chi connectivity index (χ3n) is 1.47. The van der Waals surface area contributed by atoms with E-state index in [1.165, 1.54) is 31.2 Å². The third-order valence-corrected chi connectivity index (χ3v) is 2.34. The van der Waals surface area contributed by atoms with Gasteiger partial charge in [0.2, 0.25) is 5.91 Å². The number of carbonyl (C=O) groups excluding carboxylic acids is 1. The Hall–Kier alpha value is 0.236. The van der Waals surface area contributed by atoms with Crippen LogP contribution in [0.2, 0.25) is 0 Å². The summed E-state index contributed by atoms with van der Waals surface area (Å²) in [5.74, 6) is -0.246. The maximum absolute atomic E-state index is 10.6. The molecule has 0 bridgehead atoms. The van der Waals surface area contributed by atoms with Gasteiger partial charge < -0.3 is 5.32 Å². The molecule has 1 amide bonds. The van der Waals surface area contributed by atoms with Crippen LogP contribution >= 0.6 is 0 Å². The molecule has 0 radical (unpaired) electrons. The van der Waals surface area contributed by atoms with Gasteiger partial charge in [-0.1, -0.05) is 0 Å². The molecule has 0 unspecified atom stereocenters. The topological polar surface area (TPSA) is 83.5 Å². The number of hydrogen-bond donors (Lipinski definition) is 2. The van der Waals surface area contributed by atoms with Crippen molar-refractivity contribution in [3.63, 3.8) is 0 Å². The molecule has 0 aromatic heterocycles. The van der Waals surface area contributed by atoms with Gasteiger partial charge in [-0.15, -0.1) is 0 Å². The van der Waals surface area contributed by atoms with E-state index in [1.807, 2.05) is 0 Å². The summed E-state index contributed by atoms with van der Waals surface area (Å²) in [7, 11) is -4.16. The fourth-order valence-corrected chi connectivity index (χ4v) is 1.39. The number of carbonyl (C=O) groups is 1. The fourth-order valence-electron chi connectivity index (χ4n) is 0.914. The van der Waals surface area contributed by atoms with Crippen molar-refractivity contribution in [3.8, 4) is 0 Å². The number of benzene rings is 1. The van der Waals surface area contributed by atoms with Crippen LogP contribution in [0.5, 0.6) is 0 Å². The Morgan fingerprint density at radius 1 is 1.27 bits per heavy atom. The van der Waals surface area contributed by atoms with E-state index in [2.05, 4.69) is 5.32 Å². The molecule has 2 N–H and O–H groups in total.